The molecule has 0 aliphatic carbocycles. The number of carbonyl (C=O) groups is 2. The normalized spacial score (nSPS) is 11.0. The fraction of sp³-hybridized carbons (Fsp3) is 0. The minimum atomic E-state index is -3.30. The first-order valence-electron chi connectivity index (χ1n) is 7.92. The van der Waals surface area contributed by atoms with Crippen LogP contribution < -0.4 is 9.47 Å². The van der Waals surface area contributed by atoms with Crippen LogP contribution in [0.15, 0.2) is 66.7 Å². The van der Waals surface area contributed by atoms with Crippen molar-refractivity contribution >= 4 is 74.2 Å². The van der Waals surface area contributed by atoms with Crippen LogP contribution in [0.4, 0.5) is 9.59 Å². The van der Waals surface area contributed by atoms with Gasteiger partial charge in [-0.3, -0.25) is 0 Å². The quantitative estimate of drug-likeness (QED) is 0.224. The molecule has 0 amide bonds. The van der Waals surface area contributed by atoms with E-state index >= 15 is 0 Å². The second kappa shape index (κ2) is 10.00. The van der Waals surface area contributed by atoms with Gasteiger partial charge in [-0.25, -0.2) is 0 Å². The predicted molar refractivity (Wildman–Crippen MR) is 124 cm³/mol. The number of carbonyl (C=O) groups excluding carboxylic acids is 2. The Morgan fingerprint density at radius 1 is 0.621 bits per heavy atom. The van der Waals surface area contributed by atoms with Gasteiger partial charge in [-0.1, -0.05) is 0 Å². The molecule has 0 bridgehead atoms. The zero-order valence-electron chi connectivity index (χ0n) is 14.4. The first-order valence-corrected chi connectivity index (χ1v) is 12.7. The molecule has 3 aromatic rings. The van der Waals surface area contributed by atoms with Gasteiger partial charge in [-0.05, 0) is 0 Å². The zero-order chi connectivity index (χ0) is 21.0. The minimum absolute atomic E-state index is 0.143. The van der Waals surface area contributed by atoms with E-state index in [1.165, 1.54) is 36.4 Å². The molecule has 0 saturated heterocycles. The molecule has 0 heterocycles. The number of hydrogen-bond acceptors (Lipinski definition) is 4. The third-order valence-electron chi connectivity index (χ3n) is 3.33. The molecule has 29 heavy (non-hydrogen) atoms. The molecule has 0 N–H and O–H groups in total. The Labute approximate surface area is 194 Å². The molecule has 0 saturated carbocycles. The molecule has 0 spiro atoms. The summed E-state index contributed by atoms with van der Waals surface area (Å²) in [5, 5.41) is 1.21. The van der Waals surface area contributed by atoms with Crippen molar-refractivity contribution in [1.82, 2.24) is 0 Å². The van der Waals surface area contributed by atoms with Crippen LogP contribution in [0.25, 0.3) is 0 Å². The van der Waals surface area contributed by atoms with Gasteiger partial charge in [0.1, 0.15) is 0 Å². The van der Waals surface area contributed by atoms with Gasteiger partial charge >= 0.3 is 195 Å². The van der Waals surface area contributed by atoms with Gasteiger partial charge in [-0.2, -0.15) is 0 Å². The number of rotatable bonds is 5. The third kappa shape index (κ3) is 6.23. The Kier molecular flexibility index (Phi) is 7.65. The Hall–Kier alpha value is -1.51. The van der Waals surface area contributed by atoms with Gasteiger partial charge in [0.2, 0.25) is 0 Å². The molecule has 0 atom stereocenters. The molecule has 0 fully saturated rings. The molecule has 9 heteroatoms. The Morgan fingerprint density at radius 2 is 1.00 bits per heavy atom. The molecule has 0 unspecified atom stereocenters. The average Bonchev–Trinajstić information content (AvgIpc) is 2.60. The summed E-state index contributed by atoms with van der Waals surface area (Å²) in [6.45, 7) is 0. The van der Waals surface area contributed by atoms with E-state index in [1.54, 1.807) is 30.3 Å². The van der Waals surface area contributed by atoms with Crippen LogP contribution in [0, 0.1) is 3.57 Å². The summed E-state index contributed by atoms with van der Waals surface area (Å²) in [4.78, 5) is 25.8. The van der Waals surface area contributed by atoms with E-state index in [0.29, 0.717) is 23.7 Å². The monoisotopic (exact) mass is 582 g/mol. The maximum absolute atomic E-state index is 12.9. The van der Waals surface area contributed by atoms with Crippen molar-refractivity contribution in [2.75, 3.05) is 0 Å². The van der Waals surface area contributed by atoms with Crippen LogP contribution >= 0.6 is 66.2 Å². The summed E-state index contributed by atoms with van der Waals surface area (Å²) in [5.74, 6) is 0.286. The van der Waals surface area contributed by atoms with Gasteiger partial charge in [0.15, 0.2) is 0 Å². The zero-order valence-corrected chi connectivity index (χ0v) is 19.6. The summed E-state index contributed by atoms with van der Waals surface area (Å²) < 4.78 is 9.97. The SMILES string of the molecule is O=C(Oc1cc(Cl)cc(Cl)c1)I(C(=O)Oc1cc(Cl)cc(Cl)c1)c1ccccc1. The first-order chi connectivity index (χ1) is 13.8. The van der Waals surface area contributed by atoms with E-state index < -0.39 is 27.8 Å². The number of hydrogen-bond donors (Lipinski definition) is 0. The molecule has 0 radical (unpaired) electrons. The number of halogens is 5. The van der Waals surface area contributed by atoms with E-state index in [9.17, 15) is 9.59 Å². The van der Waals surface area contributed by atoms with Crippen LogP contribution in [-0.2, 0) is 0 Å². The van der Waals surface area contributed by atoms with Crippen molar-refractivity contribution in [1.29, 1.82) is 0 Å². The number of ether oxygens (including phenoxy) is 2. The van der Waals surface area contributed by atoms with Gasteiger partial charge < -0.3 is 0 Å². The van der Waals surface area contributed by atoms with E-state index in [4.69, 9.17) is 55.9 Å². The van der Waals surface area contributed by atoms with Crippen LogP contribution in [0.2, 0.25) is 20.1 Å². The van der Waals surface area contributed by atoms with Gasteiger partial charge in [-0.15, -0.1) is 0 Å². The van der Waals surface area contributed by atoms with E-state index in [2.05, 4.69) is 0 Å². The Balaban J connectivity index is 1.89. The fourth-order valence-electron chi connectivity index (χ4n) is 2.22. The predicted octanol–water partition coefficient (Wildman–Crippen LogP) is 8.37. The topological polar surface area (TPSA) is 52.6 Å². The Bertz CT molecular complexity index is 954. The summed E-state index contributed by atoms with van der Waals surface area (Å²) in [5.41, 5.74) is 0. The van der Waals surface area contributed by atoms with Crippen molar-refractivity contribution in [2.45, 2.75) is 0 Å². The third-order valence-corrected chi connectivity index (χ3v) is 8.37. The molecule has 4 nitrogen and oxygen atoms in total. The van der Waals surface area contributed by atoms with Crippen LogP contribution in [-0.4, -0.2) is 7.95 Å². The molecule has 3 rings (SSSR count). The standard InChI is InChI=1S/C20H11Cl4IO4/c21-12-6-13(22)9-17(8-12)28-19(26)25(16-4-2-1-3-5-16)20(27)29-18-10-14(23)7-15(24)11-18/h1-11H. The van der Waals surface area contributed by atoms with E-state index in [1.807, 2.05) is 0 Å². The first kappa shape index (κ1) is 22.2. The van der Waals surface area contributed by atoms with Crippen LogP contribution in [0.3, 0.4) is 0 Å². The maximum atomic E-state index is 12.9. The molecule has 3 aromatic carbocycles. The van der Waals surface area contributed by atoms with Crippen molar-refractivity contribution in [2.24, 2.45) is 0 Å². The van der Waals surface area contributed by atoms with E-state index in [-0.39, 0.29) is 11.5 Å². The van der Waals surface area contributed by atoms with Crippen molar-refractivity contribution in [3.05, 3.63) is 90.4 Å². The summed E-state index contributed by atoms with van der Waals surface area (Å²) in [6.07, 6.45) is 0. The van der Waals surface area contributed by atoms with Crippen LogP contribution in [0.5, 0.6) is 11.5 Å². The Morgan fingerprint density at radius 3 is 1.38 bits per heavy atom. The second-order valence-electron chi connectivity index (χ2n) is 5.47. The van der Waals surface area contributed by atoms with Gasteiger partial charge in [0, 0.05) is 0 Å². The number of benzene rings is 3. The molecule has 0 aliphatic rings. The summed E-state index contributed by atoms with van der Waals surface area (Å²) in [6, 6.07) is 17.4. The van der Waals surface area contributed by atoms with Crippen molar-refractivity contribution < 1.29 is 19.1 Å². The molecule has 150 valence electrons. The van der Waals surface area contributed by atoms with Crippen molar-refractivity contribution in [3.63, 3.8) is 0 Å². The van der Waals surface area contributed by atoms with Gasteiger partial charge in [0.05, 0.1) is 0 Å². The molecule has 0 aromatic heterocycles. The van der Waals surface area contributed by atoms with Crippen LogP contribution in [0.1, 0.15) is 0 Å². The van der Waals surface area contributed by atoms with Gasteiger partial charge in [0.25, 0.3) is 0 Å². The molecular formula is C20H11Cl4IO4. The summed E-state index contributed by atoms with van der Waals surface area (Å²) >= 11 is 20.5. The molecule has 0 aliphatic heterocycles. The summed E-state index contributed by atoms with van der Waals surface area (Å²) in [7, 11) is 0. The molecular weight excluding hydrogens is 573 g/mol. The fourth-order valence-corrected chi connectivity index (χ4v) is 6.69. The van der Waals surface area contributed by atoms with E-state index in [0.717, 1.165) is 0 Å². The second-order valence-corrected chi connectivity index (χ2v) is 11.8. The van der Waals surface area contributed by atoms with Crippen molar-refractivity contribution in [3.8, 4) is 11.5 Å². The average molecular weight is 584 g/mol.